The summed E-state index contributed by atoms with van der Waals surface area (Å²) in [6, 6.07) is 9.38. The summed E-state index contributed by atoms with van der Waals surface area (Å²) in [5.74, 6) is 0. The van der Waals surface area contributed by atoms with Gasteiger partial charge in [-0.3, -0.25) is 4.68 Å². The second kappa shape index (κ2) is 7.10. The molecule has 0 spiro atoms. The summed E-state index contributed by atoms with van der Waals surface area (Å²) in [4.78, 5) is 0. The lowest BCUT2D eigenvalue weighted by atomic mass is 9.98. The van der Waals surface area contributed by atoms with Crippen molar-refractivity contribution in [1.29, 1.82) is 0 Å². The molecule has 3 rings (SSSR count). The van der Waals surface area contributed by atoms with E-state index in [0.29, 0.717) is 13.1 Å². The van der Waals surface area contributed by atoms with Crippen LogP contribution < -0.4 is 4.72 Å². The normalized spacial score (nSPS) is 15.0. The molecule has 0 unspecified atom stereocenters. The van der Waals surface area contributed by atoms with Gasteiger partial charge < -0.3 is 0 Å². The summed E-state index contributed by atoms with van der Waals surface area (Å²) in [6.07, 6.45) is 8.03. The molecule has 0 aliphatic heterocycles. The van der Waals surface area contributed by atoms with Crippen LogP contribution in [0.25, 0.3) is 6.08 Å². The smallest absolute Gasteiger partial charge is 0.233 e. The molecule has 5 nitrogen and oxygen atoms in total. The summed E-state index contributed by atoms with van der Waals surface area (Å²) >= 11 is 0. The van der Waals surface area contributed by atoms with Crippen molar-refractivity contribution in [2.24, 2.45) is 0 Å². The second-order valence-corrected chi connectivity index (χ2v) is 7.35. The Kier molecular flexibility index (Phi) is 4.93. The van der Waals surface area contributed by atoms with Gasteiger partial charge in [-0.2, -0.15) is 5.10 Å². The topological polar surface area (TPSA) is 64.0 Å². The summed E-state index contributed by atoms with van der Waals surface area (Å²) in [5.41, 5.74) is 3.43. The maximum Gasteiger partial charge on any atom is 0.233 e. The summed E-state index contributed by atoms with van der Waals surface area (Å²) in [7, 11) is -3.43. The standard InChI is InChI=1S/C17H21N3O2S/c21-23(22,13-10-15-6-2-1-3-7-15)19-11-12-20-17-9-5-4-8-16(17)14-18-20/h1-3,6-7,10,13-14,19H,4-5,8-9,11-12H2. The van der Waals surface area contributed by atoms with Crippen LogP contribution in [0.2, 0.25) is 0 Å². The number of hydrogen-bond acceptors (Lipinski definition) is 3. The predicted octanol–water partition coefficient (Wildman–Crippen LogP) is 2.35. The number of fused-ring (bicyclic) bond motifs is 1. The van der Waals surface area contributed by atoms with Gasteiger partial charge in [0.05, 0.1) is 12.7 Å². The van der Waals surface area contributed by atoms with Gasteiger partial charge in [-0.25, -0.2) is 13.1 Å². The molecule has 1 aliphatic rings. The first-order valence-corrected chi connectivity index (χ1v) is 9.45. The molecule has 0 saturated carbocycles. The molecule has 1 N–H and O–H groups in total. The first-order valence-electron chi connectivity index (χ1n) is 7.90. The highest BCUT2D eigenvalue weighted by molar-refractivity contribution is 7.92. The molecule has 122 valence electrons. The highest BCUT2D eigenvalue weighted by atomic mass is 32.2. The van der Waals surface area contributed by atoms with Gasteiger partial charge in [0.25, 0.3) is 0 Å². The highest BCUT2D eigenvalue weighted by Crippen LogP contribution is 2.20. The van der Waals surface area contributed by atoms with E-state index in [9.17, 15) is 8.42 Å². The quantitative estimate of drug-likeness (QED) is 0.884. The van der Waals surface area contributed by atoms with Crippen molar-refractivity contribution >= 4 is 16.1 Å². The lowest BCUT2D eigenvalue weighted by molar-refractivity contribution is 0.542. The van der Waals surface area contributed by atoms with Crippen LogP contribution in [0.4, 0.5) is 0 Å². The van der Waals surface area contributed by atoms with Gasteiger partial charge in [-0.05, 0) is 42.9 Å². The van der Waals surface area contributed by atoms with E-state index in [1.54, 1.807) is 6.08 Å². The third-order valence-electron chi connectivity index (χ3n) is 4.01. The lowest BCUT2D eigenvalue weighted by Crippen LogP contribution is -2.26. The summed E-state index contributed by atoms with van der Waals surface area (Å²) in [6.45, 7) is 0.906. The highest BCUT2D eigenvalue weighted by Gasteiger charge is 2.15. The van der Waals surface area contributed by atoms with Crippen molar-refractivity contribution in [3.8, 4) is 0 Å². The van der Waals surface area contributed by atoms with Crippen molar-refractivity contribution in [3.05, 3.63) is 58.8 Å². The fourth-order valence-corrected chi connectivity index (χ4v) is 3.63. The van der Waals surface area contributed by atoms with E-state index in [4.69, 9.17) is 0 Å². The number of nitrogens with zero attached hydrogens (tertiary/aromatic N) is 2. The van der Waals surface area contributed by atoms with E-state index in [1.165, 1.54) is 29.5 Å². The Balaban J connectivity index is 1.55. The molecular weight excluding hydrogens is 310 g/mol. The van der Waals surface area contributed by atoms with Crippen LogP contribution in [-0.4, -0.2) is 24.7 Å². The van der Waals surface area contributed by atoms with E-state index in [0.717, 1.165) is 18.4 Å². The minimum atomic E-state index is -3.43. The number of aromatic nitrogens is 2. The van der Waals surface area contributed by atoms with Crippen molar-refractivity contribution in [2.45, 2.75) is 32.2 Å². The van der Waals surface area contributed by atoms with Crippen molar-refractivity contribution in [3.63, 3.8) is 0 Å². The summed E-state index contributed by atoms with van der Waals surface area (Å²) < 4.78 is 28.5. The van der Waals surface area contributed by atoms with E-state index in [2.05, 4.69) is 9.82 Å². The maximum absolute atomic E-state index is 12.0. The number of hydrogen-bond donors (Lipinski definition) is 1. The molecule has 0 atom stereocenters. The second-order valence-electron chi connectivity index (χ2n) is 5.70. The van der Waals surface area contributed by atoms with E-state index in [-0.39, 0.29) is 0 Å². The van der Waals surface area contributed by atoms with E-state index in [1.807, 2.05) is 41.2 Å². The molecule has 0 bridgehead atoms. The largest absolute Gasteiger partial charge is 0.268 e. The Labute approximate surface area is 137 Å². The average molecular weight is 331 g/mol. The van der Waals surface area contributed by atoms with E-state index < -0.39 is 10.0 Å². The van der Waals surface area contributed by atoms with E-state index >= 15 is 0 Å². The molecule has 0 fully saturated rings. The third-order valence-corrected chi connectivity index (χ3v) is 5.11. The number of sulfonamides is 1. The Bertz CT molecular complexity index is 779. The molecule has 0 saturated heterocycles. The zero-order chi connectivity index (χ0) is 16.1. The van der Waals surface area contributed by atoms with Crippen molar-refractivity contribution < 1.29 is 8.42 Å². The predicted molar refractivity (Wildman–Crippen MR) is 91.3 cm³/mol. The number of rotatable bonds is 6. The molecule has 1 aliphatic carbocycles. The van der Waals surface area contributed by atoms with Crippen LogP contribution in [-0.2, 0) is 29.4 Å². The Morgan fingerprint density at radius 3 is 2.78 bits per heavy atom. The van der Waals surface area contributed by atoms with Gasteiger partial charge in [-0.15, -0.1) is 0 Å². The van der Waals surface area contributed by atoms with Crippen LogP contribution in [0, 0.1) is 0 Å². The van der Waals surface area contributed by atoms with Crippen LogP contribution in [0.5, 0.6) is 0 Å². The van der Waals surface area contributed by atoms with Crippen LogP contribution in [0.3, 0.4) is 0 Å². The molecule has 23 heavy (non-hydrogen) atoms. The van der Waals surface area contributed by atoms with Crippen LogP contribution in [0.1, 0.15) is 29.7 Å². The molecule has 0 amide bonds. The van der Waals surface area contributed by atoms with Crippen LogP contribution in [0.15, 0.2) is 41.9 Å². The molecule has 6 heteroatoms. The lowest BCUT2D eigenvalue weighted by Gasteiger charge is -2.13. The van der Waals surface area contributed by atoms with Gasteiger partial charge >= 0.3 is 0 Å². The summed E-state index contributed by atoms with van der Waals surface area (Å²) in [5, 5.41) is 5.58. The Morgan fingerprint density at radius 2 is 1.96 bits per heavy atom. The van der Waals surface area contributed by atoms with Gasteiger partial charge in [-0.1, -0.05) is 30.3 Å². The first kappa shape index (κ1) is 16.0. The molecule has 2 aromatic rings. The zero-order valence-corrected chi connectivity index (χ0v) is 13.8. The number of aryl methyl sites for hydroxylation is 1. The molecular formula is C17H21N3O2S. The van der Waals surface area contributed by atoms with Gasteiger partial charge in [0.2, 0.25) is 10.0 Å². The zero-order valence-electron chi connectivity index (χ0n) is 13.0. The van der Waals surface area contributed by atoms with Crippen molar-refractivity contribution in [2.75, 3.05) is 6.54 Å². The van der Waals surface area contributed by atoms with Crippen molar-refractivity contribution in [1.82, 2.24) is 14.5 Å². The molecule has 1 heterocycles. The SMILES string of the molecule is O=S(=O)(C=Cc1ccccc1)NCCn1ncc2c1CCCC2. The number of benzene rings is 1. The Hall–Kier alpha value is -1.92. The average Bonchev–Trinajstić information content (AvgIpc) is 2.97. The monoisotopic (exact) mass is 331 g/mol. The minimum Gasteiger partial charge on any atom is -0.268 e. The Morgan fingerprint density at radius 1 is 1.17 bits per heavy atom. The van der Waals surface area contributed by atoms with Gasteiger partial charge in [0, 0.05) is 17.6 Å². The minimum absolute atomic E-state index is 0.343. The van der Waals surface area contributed by atoms with Crippen LogP contribution >= 0.6 is 0 Å². The fourth-order valence-electron chi connectivity index (χ4n) is 2.82. The molecule has 1 aromatic heterocycles. The maximum atomic E-state index is 12.0. The van der Waals surface area contributed by atoms with Gasteiger partial charge in [0.1, 0.15) is 0 Å². The third kappa shape index (κ3) is 4.30. The number of nitrogens with one attached hydrogen (secondary N) is 1. The first-order chi connectivity index (χ1) is 11.1. The molecule has 0 radical (unpaired) electrons. The fraction of sp³-hybridized carbons (Fsp3) is 0.353. The van der Waals surface area contributed by atoms with Gasteiger partial charge in [0.15, 0.2) is 0 Å². The molecule has 1 aromatic carbocycles.